The molecule has 4 rings (SSSR count). The monoisotopic (exact) mass is 436 g/mol. The van der Waals surface area contributed by atoms with Crippen LogP contribution in [0.25, 0.3) is 10.2 Å². The maximum Gasteiger partial charge on any atom is 0.270 e. The lowest BCUT2D eigenvalue weighted by molar-refractivity contribution is -0.671. The molecular formula is C21H22N7O2S+. The molecule has 2 heterocycles. The van der Waals surface area contributed by atoms with Crippen LogP contribution in [-0.4, -0.2) is 21.0 Å². The Morgan fingerprint density at radius 3 is 2.87 bits per heavy atom. The van der Waals surface area contributed by atoms with E-state index in [1.807, 2.05) is 48.5 Å². The number of nitro groups is 1. The highest BCUT2D eigenvalue weighted by Gasteiger charge is 2.10. The molecule has 4 aromatic rings. The quantitative estimate of drug-likeness (QED) is 0.183. The van der Waals surface area contributed by atoms with Crippen LogP contribution in [0.4, 0.5) is 22.2 Å². The van der Waals surface area contributed by atoms with E-state index < -0.39 is 4.92 Å². The number of aromatic nitrogens is 3. The lowest BCUT2D eigenvalue weighted by Gasteiger charge is -2.10. The van der Waals surface area contributed by atoms with Crippen molar-refractivity contribution in [2.75, 3.05) is 11.9 Å². The minimum absolute atomic E-state index is 0.0426. The van der Waals surface area contributed by atoms with Crippen molar-refractivity contribution in [3.8, 4) is 0 Å². The summed E-state index contributed by atoms with van der Waals surface area (Å²) in [5.41, 5.74) is 3.71. The molecule has 0 saturated heterocycles. The molecule has 0 aliphatic carbocycles. The summed E-state index contributed by atoms with van der Waals surface area (Å²) in [6, 6.07) is 10.5. The molecule has 0 atom stereocenters. The van der Waals surface area contributed by atoms with Crippen molar-refractivity contribution in [2.45, 2.75) is 19.9 Å². The summed E-state index contributed by atoms with van der Waals surface area (Å²) in [6.07, 6.45) is 6.98. The molecule has 0 fully saturated rings. The minimum atomic E-state index is -0.416. The van der Waals surface area contributed by atoms with Crippen LogP contribution in [0.3, 0.4) is 0 Å². The molecule has 9 nitrogen and oxygen atoms in total. The molecule has 0 amide bonds. The van der Waals surface area contributed by atoms with Gasteiger partial charge in [0.15, 0.2) is 0 Å². The molecule has 0 aliphatic heterocycles. The van der Waals surface area contributed by atoms with Gasteiger partial charge in [-0.3, -0.25) is 10.1 Å². The summed E-state index contributed by atoms with van der Waals surface area (Å²) >= 11 is 1.28. The number of thiazole rings is 1. The summed E-state index contributed by atoms with van der Waals surface area (Å²) in [7, 11) is 2.00. The predicted octanol–water partition coefficient (Wildman–Crippen LogP) is 4.92. The van der Waals surface area contributed by atoms with Crippen molar-refractivity contribution in [1.82, 2.24) is 9.55 Å². The Kier molecular flexibility index (Phi) is 5.99. The Morgan fingerprint density at radius 2 is 2.13 bits per heavy atom. The second-order valence-corrected chi connectivity index (χ2v) is 8.05. The van der Waals surface area contributed by atoms with E-state index in [1.165, 1.54) is 23.5 Å². The Labute approximate surface area is 182 Å². The topological polar surface area (TPSA) is 102 Å². The molecule has 2 aromatic heterocycles. The van der Waals surface area contributed by atoms with Crippen molar-refractivity contribution in [1.29, 1.82) is 0 Å². The van der Waals surface area contributed by atoms with Crippen LogP contribution in [0.2, 0.25) is 0 Å². The van der Waals surface area contributed by atoms with Crippen LogP contribution >= 0.6 is 11.3 Å². The summed E-state index contributed by atoms with van der Waals surface area (Å²) < 4.78 is 4.87. The van der Waals surface area contributed by atoms with Gasteiger partial charge in [-0.2, -0.15) is 0 Å². The predicted molar refractivity (Wildman–Crippen MR) is 120 cm³/mol. The lowest BCUT2D eigenvalue weighted by atomic mass is 10.1. The summed E-state index contributed by atoms with van der Waals surface area (Å²) in [5.74, 6) is 0. The molecule has 0 unspecified atom stereocenters. The third-order valence-electron chi connectivity index (χ3n) is 4.80. The molecule has 2 aromatic carbocycles. The first-order chi connectivity index (χ1) is 15.0. The maximum atomic E-state index is 10.9. The maximum absolute atomic E-state index is 10.9. The molecule has 0 aliphatic rings. The van der Waals surface area contributed by atoms with Gasteiger partial charge in [0.1, 0.15) is 18.9 Å². The number of rotatable bonds is 8. The molecule has 10 heteroatoms. The zero-order chi connectivity index (χ0) is 21.8. The van der Waals surface area contributed by atoms with Gasteiger partial charge >= 0.3 is 0 Å². The van der Waals surface area contributed by atoms with E-state index in [2.05, 4.69) is 32.0 Å². The van der Waals surface area contributed by atoms with E-state index in [0.29, 0.717) is 15.3 Å². The number of azo groups is 1. The normalized spacial score (nSPS) is 11.4. The van der Waals surface area contributed by atoms with Gasteiger partial charge in [0.25, 0.3) is 5.69 Å². The average molecular weight is 437 g/mol. The summed E-state index contributed by atoms with van der Waals surface area (Å²) in [6.45, 7) is 3.80. The first-order valence-corrected chi connectivity index (χ1v) is 10.7. The van der Waals surface area contributed by atoms with Gasteiger partial charge in [0, 0.05) is 17.8 Å². The zero-order valence-corrected chi connectivity index (χ0v) is 18.0. The Balaban J connectivity index is 1.45. The number of nitro benzene ring substituents is 1. The number of nitrogens with zero attached hydrogens (tertiary/aromatic N) is 6. The van der Waals surface area contributed by atoms with Crippen LogP contribution < -0.4 is 9.88 Å². The van der Waals surface area contributed by atoms with Crippen LogP contribution in [0.15, 0.2) is 65.3 Å². The van der Waals surface area contributed by atoms with Crippen molar-refractivity contribution >= 4 is 43.7 Å². The largest absolute Gasteiger partial charge is 0.381 e. The van der Waals surface area contributed by atoms with Crippen LogP contribution in [0, 0.1) is 10.1 Å². The number of anilines is 1. The number of fused-ring (bicyclic) bond motifs is 1. The highest BCUT2D eigenvalue weighted by Crippen LogP contribution is 2.32. The van der Waals surface area contributed by atoms with Gasteiger partial charge in [-0.25, -0.2) is 14.1 Å². The van der Waals surface area contributed by atoms with E-state index in [1.54, 1.807) is 6.07 Å². The first kappa shape index (κ1) is 20.6. The van der Waals surface area contributed by atoms with E-state index in [0.717, 1.165) is 36.4 Å². The van der Waals surface area contributed by atoms with E-state index in [4.69, 9.17) is 0 Å². The number of non-ortho nitro benzene ring substituents is 1. The second-order valence-electron chi connectivity index (χ2n) is 7.04. The first-order valence-electron chi connectivity index (χ1n) is 9.86. The van der Waals surface area contributed by atoms with Gasteiger partial charge in [-0.15, -0.1) is 10.2 Å². The molecule has 0 bridgehead atoms. The van der Waals surface area contributed by atoms with E-state index in [9.17, 15) is 10.1 Å². The third-order valence-corrected chi connectivity index (χ3v) is 5.70. The number of hydrogen-bond donors (Lipinski definition) is 1. The van der Waals surface area contributed by atoms with Gasteiger partial charge in [0.05, 0.1) is 34.4 Å². The molecular weight excluding hydrogens is 414 g/mol. The Morgan fingerprint density at radius 1 is 1.26 bits per heavy atom. The van der Waals surface area contributed by atoms with Gasteiger partial charge in [-0.05, 0) is 36.2 Å². The number of aryl methyl sites for hydroxylation is 2. The highest BCUT2D eigenvalue weighted by atomic mass is 32.1. The fourth-order valence-electron chi connectivity index (χ4n) is 3.22. The standard InChI is InChI=1S/C21H22N7O2S/c1-3-15-12-16(4-6-18(15)22-8-9-27-11-10-26(2)14-27)24-25-21-23-19-7-5-17(28(29)30)13-20(19)31-21/h4-7,10-14,22H,3,8-9H2,1-2H3/q+1. The lowest BCUT2D eigenvalue weighted by Crippen LogP contribution is -2.24. The average Bonchev–Trinajstić information content (AvgIpc) is 3.37. The molecule has 0 saturated carbocycles. The second kappa shape index (κ2) is 9.00. The Hall–Kier alpha value is -3.66. The number of hydrogen-bond acceptors (Lipinski definition) is 7. The number of nitrogens with one attached hydrogen (secondary N) is 1. The van der Waals surface area contributed by atoms with Crippen molar-refractivity contribution in [2.24, 2.45) is 17.3 Å². The molecule has 31 heavy (non-hydrogen) atoms. The van der Waals surface area contributed by atoms with Gasteiger partial charge in [0.2, 0.25) is 11.5 Å². The Bertz CT molecular complexity index is 1260. The number of imidazole rings is 1. The molecule has 0 radical (unpaired) electrons. The van der Waals surface area contributed by atoms with Crippen LogP contribution in [-0.2, 0) is 20.0 Å². The van der Waals surface area contributed by atoms with E-state index >= 15 is 0 Å². The molecule has 158 valence electrons. The highest BCUT2D eigenvalue weighted by molar-refractivity contribution is 7.21. The molecule has 1 N–H and O–H groups in total. The minimum Gasteiger partial charge on any atom is -0.381 e. The van der Waals surface area contributed by atoms with Gasteiger partial charge < -0.3 is 5.32 Å². The smallest absolute Gasteiger partial charge is 0.270 e. The third kappa shape index (κ3) is 4.92. The number of benzene rings is 2. The van der Waals surface area contributed by atoms with Crippen molar-refractivity contribution in [3.63, 3.8) is 0 Å². The van der Waals surface area contributed by atoms with Crippen LogP contribution in [0.5, 0.6) is 0 Å². The van der Waals surface area contributed by atoms with E-state index in [-0.39, 0.29) is 5.69 Å². The van der Waals surface area contributed by atoms with Crippen molar-refractivity contribution < 1.29 is 9.49 Å². The summed E-state index contributed by atoms with van der Waals surface area (Å²) in [4.78, 5) is 14.9. The van der Waals surface area contributed by atoms with Crippen LogP contribution in [0.1, 0.15) is 12.5 Å². The zero-order valence-electron chi connectivity index (χ0n) is 17.2. The SMILES string of the molecule is CCc1cc(N=Nc2nc3ccc([N+](=O)[O-])cc3s2)ccc1NCCn1cc[n+](C)c1. The molecule has 0 spiro atoms. The fraction of sp³-hybridized carbons (Fsp3) is 0.238. The summed E-state index contributed by atoms with van der Waals surface area (Å²) in [5, 5.41) is 23.4. The fourth-order valence-corrected chi connectivity index (χ4v) is 4.04. The van der Waals surface area contributed by atoms with Crippen molar-refractivity contribution in [3.05, 3.63) is 70.8 Å². The van der Waals surface area contributed by atoms with Gasteiger partial charge in [-0.1, -0.05) is 18.3 Å².